The van der Waals surface area contributed by atoms with Crippen molar-refractivity contribution in [2.24, 2.45) is 0 Å². The first-order valence-corrected chi connectivity index (χ1v) is 5.35. The molecule has 7 nitrogen and oxygen atoms in total. The van der Waals surface area contributed by atoms with Gasteiger partial charge >= 0.3 is 0 Å². The fourth-order valence-corrected chi connectivity index (χ4v) is 1.37. The number of benzene rings is 1. The van der Waals surface area contributed by atoms with E-state index in [-0.39, 0.29) is 11.3 Å². The van der Waals surface area contributed by atoms with Gasteiger partial charge in [0.05, 0.1) is 4.92 Å². The van der Waals surface area contributed by atoms with Gasteiger partial charge in [-0.05, 0) is 12.5 Å². The third kappa shape index (κ3) is 3.85. The van der Waals surface area contributed by atoms with Crippen molar-refractivity contribution in [3.63, 3.8) is 0 Å². The Morgan fingerprint density at radius 1 is 1.33 bits per heavy atom. The normalized spacial score (nSPS) is 9.56. The Labute approximate surface area is 103 Å². The highest BCUT2D eigenvalue weighted by Crippen LogP contribution is 2.16. The standard InChI is InChI=1S/C11H13N3O4/c15-8-12-6-3-7-13-11(16)9-4-1-2-5-10(9)14(17)18/h1-2,4-5,8H,3,6-7H2,(H,12,15)(H,13,16). The van der Waals surface area contributed by atoms with E-state index in [2.05, 4.69) is 10.6 Å². The second kappa shape index (κ2) is 7.00. The molecule has 18 heavy (non-hydrogen) atoms. The van der Waals surface area contributed by atoms with Gasteiger partial charge in [0.25, 0.3) is 11.6 Å². The van der Waals surface area contributed by atoms with Crippen LogP contribution in [0.5, 0.6) is 0 Å². The monoisotopic (exact) mass is 251 g/mol. The maximum Gasteiger partial charge on any atom is 0.282 e. The minimum atomic E-state index is -0.594. The number of nitro groups is 1. The number of carbonyl (C=O) groups is 2. The third-order valence-electron chi connectivity index (χ3n) is 2.21. The van der Waals surface area contributed by atoms with Crippen molar-refractivity contribution in [2.75, 3.05) is 13.1 Å². The molecule has 1 aromatic rings. The van der Waals surface area contributed by atoms with Crippen LogP contribution in [0.3, 0.4) is 0 Å². The molecule has 0 spiro atoms. The van der Waals surface area contributed by atoms with Gasteiger partial charge in [-0.2, -0.15) is 0 Å². The zero-order chi connectivity index (χ0) is 13.4. The lowest BCUT2D eigenvalue weighted by atomic mass is 10.1. The van der Waals surface area contributed by atoms with Gasteiger partial charge < -0.3 is 10.6 Å². The predicted octanol–water partition coefficient (Wildman–Crippen LogP) is 0.461. The summed E-state index contributed by atoms with van der Waals surface area (Å²) in [6.07, 6.45) is 1.13. The zero-order valence-corrected chi connectivity index (χ0v) is 9.59. The molecule has 0 fully saturated rings. The van der Waals surface area contributed by atoms with E-state index in [0.717, 1.165) is 0 Å². The van der Waals surface area contributed by atoms with Crippen LogP contribution >= 0.6 is 0 Å². The van der Waals surface area contributed by atoms with Gasteiger partial charge in [-0.15, -0.1) is 0 Å². The van der Waals surface area contributed by atoms with Gasteiger partial charge in [0.1, 0.15) is 5.56 Å². The molecule has 96 valence electrons. The molecule has 1 rings (SSSR count). The predicted molar refractivity (Wildman–Crippen MR) is 64.1 cm³/mol. The molecular weight excluding hydrogens is 238 g/mol. The Balaban J connectivity index is 2.56. The summed E-state index contributed by atoms with van der Waals surface area (Å²) in [6.45, 7) is 0.784. The number of rotatable bonds is 7. The Kier molecular flexibility index (Phi) is 5.30. The van der Waals surface area contributed by atoms with Gasteiger partial charge in [-0.1, -0.05) is 12.1 Å². The van der Waals surface area contributed by atoms with Crippen LogP contribution in [-0.4, -0.2) is 30.3 Å². The van der Waals surface area contributed by atoms with Gasteiger partial charge in [0.2, 0.25) is 6.41 Å². The van der Waals surface area contributed by atoms with Crippen LogP contribution in [0.25, 0.3) is 0 Å². The molecule has 0 atom stereocenters. The summed E-state index contributed by atoms with van der Waals surface area (Å²) >= 11 is 0. The Bertz CT molecular complexity index is 448. The lowest BCUT2D eigenvalue weighted by molar-refractivity contribution is -0.385. The van der Waals surface area contributed by atoms with Crippen LogP contribution < -0.4 is 10.6 Å². The number of nitro benzene ring substituents is 1. The van der Waals surface area contributed by atoms with Crippen molar-refractivity contribution in [2.45, 2.75) is 6.42 Å². The molecule has 2 amide bonds. The SMILES string of the molecule is O=CNCCCNC(=O)c1ccccc1[N+](=O)[O-]. The van der Waals surface area contributed by atoms with Crippen molar-refractivity contribution in [1.29, 1.82) is 0 Å². The molecule has 0 aliphatic carbocycles. The van der Waals surface area contributed by atoms with Gasteiger partial charge in [0.15, 0.2) is 0 Å². The molecule has 0 aliphatic heterocycles. The Morgan fingerprint density at radius 2 is 2.06 bits per heavy atom. The van der Waals surface area contributed by atoms with Gasteiger partial charge in [-0.25, -0.2) is 0 Å². The first kappa shape index (κ1) is 13.6. The van der Waals surface area contributed by atoms with Crippen LogP contribution in [-0.2, 0) is 4.79 Å². The number of carbonyl (C=O) groups excluding carboxylic acids is 2. The van der Waals surface area contributed by atoms with Crippen molar-refractivity contribution in [3.05, 3.63) is 39.9 Å². The molecular formula is C11H13N3O4. The maximum absolute atomic E-state index is 11.7. The van der Waals surface area contributed by atoms with E-state index in [1.165, 1.54) is 18.2 Å². The first-order valence-electron chi connectivity index (χ1n) is 5.35. The molecule has 7 heteroatoms. The quantitative estimate of drug-likeness (QED) is 0.318. The summed E-state index contributed by atoms with van der Waals surface area (Å²) in [7, 11) is 0. The minimum Gasteiger partial charge on any atom is -0.359 e. The average Bonchev–Trinajstić information content (AvgIpc) is 2.38. The lowest BCUT2D eigenvalue weighted by Gasteiger charge is -2.05. The molecule has 2 N–H and O–H groups in total. The van der Waals surface area contributed by atoms with E-state index in [1.54, 1.807) is 6.07 Å². The molecule has 0 bridgehead atoms. The van der Waals surface area contributed by atoms with Gasteiger partial charge in [0, 0.05) is 19.2 Å². The smallest absolute Gasteiger partial charge is 0.282 e. The summed E-state index contributed by atoms with van der Waals surface area (Å²) in [5.74, 6) is -0.492. The van der Waals surface area contributed by atoms with Gasteiger partial charge in [-0.3, -0.25) is 19.7 Å². The second-order valence-corrected chi connectivity index (χ2v) is 3.46. The van der Waals surface area contributed by atoms with Crippen LogP contribution in [0.2, 0.25) is 0 Å². The molecule has 0 unspecified atom stereocenters. The van der Waals surface area contributed by atoms with E-state index in [9.17, 15) is 19.7 Å². The maximum atomic E-state index is 11.7. The van der Waals surface area contributed by atoms with E-state index in [0.29, 0.717) is 25.9 Å². The molecule has 0 heterocycles. The largest absolute Gasteiger partial charge is 0.359 e. The zero-order valence-electron chi connectivity index (χ0n) is 9.59. The number of nitrogens with zero attached hydrogens (tertiary/aromatic N) is 1. The highest BCUT2D eigenvalue weighted by molar-refractivity contribution is 5.98. The van der Waals surface area contributed by atoms with E-state index in [4.69, 9.17) is 0 Å². The Morgan fingerprint density at radius 3 is 2.72 bits per heavy atom. The molecule has 0 radical (unpaired) electrons. The number of para-hydroxylation sites is 1. The highest BCUT2D eigenvalue weighted by atomic mass is 16.6. The molecule has 0 saturated heterocycles. The van der Waals surface area contributed by atoms with E-state index in [1.807, 2.05) is 0 Å². The number of amides is 2. The first-order chi connectivity index (χ1) is 8.66. The summed E-state index contributed by atoms with van der Waals surface area (Å²) in [5, 5.41) is 15.7. The fraction of sp³-hybridized carbons (Fsp3) is 0.273. The van der Waals surface area contributed by atoms with Crippen molar-refractivity contribution < 1.29 is 14.5 Å². The van der Waals surface area contributed by atoms with Crippen LogP contribution in [0.15, 0.2) is 24.3 Å². The van der Waals surface area contributed by atoms with Crippen molar-refractivity contribution in [3.8, 4) is 0 Å². The van der Waals surface area contributed by atoms with E-state index < -0.39 is 10.8 Å². The van der Waals surface area contributed by atoms with Crippen molar-refractivity contribution >= 4 is 18.0 Å². The number of nitrogens with one attached hydrogen (secondary N) is 2. The second-order valence-electron chi connectivity index (χ2n) is 3.46. The van der Waals surface area contributed by atoms with Crippen LogP contribution in [0.4, 0.5) is 5.69 Å². The summed E-state index contributed by atoms with van der Waals surface area (Å²) in [4.78, 5) is 31.8. The number of hydrogen-bond acceptors (Lipinski definition) is 4. The molecule has 0 aliphatic rings. The van der Waals surface area contributed by atoms with Crippen molar-refractivity contribution in [1.82, 2.24) is 10.6 Å². The van der Waals surface area contributed by atoms with E-state index >= 15 is 0 Å². The fourth-order valence-electron chi connectivity index (χ4n) is 1.37. The molecule has 1 aromatic carbocycles. The average molecular weight is 251 g/mol. The third-order valence-corrected chi connectivity index (χ3v) is 2.21. The Hall–Kier alpha value is -2.44. The number of hydrogen-bond donors (Lipinski definition) is 2. The topological polar surface area (TPSA) is 101 Å². The summed E-state index contributed by atoms with van der Waals surface area (Å²) in [5.41, 5.74) is -0.188. The van der Waals surface area contributed by atoms with Crippen LogP contribution in [0.1, 0.15) is 16.8 Å². The molecule has 0 aromatic heterocycles. The summed E-state index contributed by atoms with van der Waals surface area (Å²) < 4.78 is 0. The van der Waals surface area contributed by atoms with Crippen LogP contribution in [0, 0.1) is 10.1 Å². The molecule has 0 saturated carbocycles. The minimum absolute atomic E-state index is 0.0332. The highest BCUT2D eigenvalue weighted by Gasteiger charge is 2.18. The summed E-state index contributed by atoms with van der Waals surface area (Å²) in [6, 6.07) is 5.75. The lowest BCUT2D eigenvalue weighted by Crippen LogP contribution is -2.27.